The summed E-state index contributed by atoms with van der Waals surface area (Å²) in [7, 11) is 0. The number of halogens is 1. The van der Waals surface area contributed by atoms with E-state index < -0.39 is 5.24 Å². The van der Waals surface area contributed by atoms with Crippen molar-refractivity contribution in [2.45, 2.75) is 13.8 Å². The molecule has 78 valence electrons. The predicted octanol–water partition coefficient (Wildman–Crippen LogP) is 3.80. The Morgan fingerprint density at radius 1 is 1.13 bits per heavy atom. The molecule has 0 aliphatic rings. The Bertz CT molecular complexity index is 402. The average molecular weight is 221 g/mol. The lowest BCUT2D eigenvalue weighted by Crippen LogP contribution is -1.85. The van der Waals surface area contributed by atoms with Gasteiger partial charge in [0.2, 0.25) is 5.24 Å². The lowest BCUT2D eigenvalue weighted by atomic mass is 10.1. The molecule has 0 aromatic heterocycles. The molecule has 0 saturated carbocycles. The Balaban J connectivity index is 2.90. The van der Waals surface area contributed by atoms with Crippen molar-refractivity contribution in [3.63, 3.8) is 0 Å². The second-order valence-electron chi connectivity index (χ2n) is 3.37. The third-order valence-electron chi connectivity index (χ3n) is 2.13. The highest BCUT2D eigenvalue weighted by Crippen LogP contribution is 2.13. The maximum Gasteiger partial charge on any atom is 0.245 e. The minimum atomic E-state index is -0.437. The summed E-state index contributed by atoms with van der Waals surface area (Å²) < 4.78 is 0. The lowest BCUT2D eigenvalue weighted by molar-refractivity contribution is -0.107. The zero-order chi connectivity index (χ0) is 11.3. The minimum Gasteiger partial charge on any atom is -0.276 e. The first-order valence-electron chi connectivity index (χ1n) is 4.71. The van der Waals surface area contributed by atoms with Gasteiger partial charge in [-0.3, -0.25) is 4.79 Å². The molecule has 0 unspecified atom stereocenters. The molecule has 15 heavy (non-hydrogen) atoms. The highest BCUT2D eigenvalue weighted by molar-refractivity contribution is 6.66. The van der Waals surface area contributed by atoms with Crippen molar-refractivity contribution in [2.24, 2.45) is 0 Å². The number of allylic oxidation sites excluding steroid dienone is 3. The third-order valence-corrected chi connectivity index (χ3v) is 2.24. The van der Waals surface area contributed by atoms with Gasteiger partial charge in [-0.05, 0) is 42.2 Å². The van der Waals surface area contributed by atoms with Crippen molar-refractivity contribution in [3.8, 4) is 0 Å². The van der Waals surface area contributed by atoms with E-state index >= 15 is 0 Å². The first-order valence-corrected chi connectivity index (χ1v) is 5.09. The van der Waals surface area contributed by atoms with Gasteiger partial charge in [-0.1, -0.05) is 36.4 Å². The Hall–Kier alpha value is -1.34. The van der Waals surface area contributed by atoms with E-state index in [4.69, 9.17) is 11.6 Å². The van der Waals surface area contributed by atoms with Crippen molar-refractivity contribution < 1.29 is 4.79 Å². The monoisotopic (exact) mass is 220 g/mol. The molecule has 2 heteroatoms. The van der Waals surface area contributed by atoms with Crippen LogP contribution in [-0.4, -0.2) is 5.24 Å². The molecule has 0 atom stereocenters. The smallest absolute Gasteiger partial charge is 0.245 e. The molecule has 1 aromatic carbocycles. The van der Waals surface area contributed by atoms with Gasteiger partial charge in [-0.15, -0.1) is 0 Å². The third kappa shape index (κ3) is 4.13. The molecule has 0 bridgehead atoms. The molecule has 0 radical (unpaired) electrons. The first-order chi connectivity index (χ1) is 7.09. The summed E-state index contributed by atoms with van der Waals surface area (Å²) in [6.07, 6.45) is 3.45. The van der Waals surface area contributed by atoms with Crippen LogP contribution in [0.2, 0.25) is 0 Å². The number of hydrogen-bond acceptors (Lipinski definition) is 1. The zero-order valence-corrected chi connectivity index (χ0v) is 9.58. The van der Waals surface area contributed by atoms with Crippen LogP contribution in [0.15, 0.2) is 47.6 Å². The van der Waals surface area contributed by atoms with Gasteiger partial charge in [0.25, 0.3) is 0 Å². The van der Waals surface area contributed by atoms with Gasteiger partial charge in [0.1, 0.15) is 0 Å². The molecule has 0 fully saturated rings. The van der Waals surface area contributed by atoms with Crippen LogP contribution in [0.3, 0.4) is 0 Å². The summed E-state index contributed by atoms with van der Waals surface area (Å²) in [5.41, 5.74) is 3.04. The summed E-state index contributed by atoms with van der Waals surface area (Å²) >= 11 is 5.28. The highest BCUT2D eigenvalue weighted by atomic mass is 35.5. The van der Waals surface area contributed by atoms with E-state index in [1.807, 2.05) is 50.3 Å². The SMILES string of the molecule is CC(=CC(=O)Cl)C(C)=Cc1ccccc1. The van der Waals surface area contributed by atoms with E-state index in [-0.39, 0.29) is 0 Å². The van der Waals surface area contributed by atoms with Crippen LogP contribution < -0.4 is 0 Å². The predicted molar refractivity (Wildman–Crippen MR) is 64.7 cm³/mol. The molecule has 0 saturated heterocycles. The van der Waals surface area contributed by atoms with Crippen LogP contribution in [0.25, 0.3) is 6.08 Å². The topological polar surface area (TPSA) is 17.1 Å². The van der Waals surface area contributed by atoms with Gasteiger partial charge in [0.15, 0.2) is 0 Å². The summed E-state index contributed by atoms with van der Waals surface area (Å²) in [5, 5.41) is -0.437. The molecule has 1 nitrogen and oxygen atoms in total. The molecule has 0 heterocycles. The summed E-state index contributed by atoms with van der Waals surface area (Å²) in [5.74, 6) is 0. The quantitative estimate of drug-likeness (QED) is 0.430. The van der Waals surface area contributed by atoms with Crippen LogP contribution >= 0.6 is 11.6 Å². The fraction of sp³-hybridized carbons (Fsp3) is 0.154. The molecule has 0 N–H and O–H groups in total. The van der Waals surface area contributed by atoms with Crippen molar-refractivity contribution >= 4 is 22.9 Å². The summed E-state index contributed by atoms with van der Waals surface area (Å²) in [6.45, 7) is 3.83. The van der Waals surface area contributed by atoms with Crippen LogP contribution in [-0.2, 0) is 4.79 Å². The van der Waals surface area contributed by atoms with Gasteiger partial charge in [-0.2, -0.15) is 0 Å². The van der Waals surface area contributed by atoms with Crippen LogP contribution in [0.4, 0.5) is 0 Å². The van der Waals surface area contributed by atoms with Crippen molar-refractivity contribution in [1.29, 1.82) is 0 Å². The lowest BCUT2D eigenvalue weighted by Gasteiger charge is -2.00. The van der Waals surface area contributed by atoms with E-state index in [0.29, 0.717) is 0 Å². The number of hydrogen-bond donors (Lipinski definition) is 0. The van der Waals surface area contributed by atoms with Crippen molar-refractivity contribution in [2.75, 3.05) is 0 Å². The number of carbonyl (C=O) groups excluding carboxylic acids is 1. The Kier molecular flexibility index (Phi) is 4.32. The van der Waals surface area contributed by atoms with E-state index in [1.165, 1.54) is 6.08 Å². The molecule has 0 spiro atoms. The Labute approximate surface area is 95.1 Å². The van der Waals surface area contributed by atoms with Gasteiger partial charge in [0.05, 0.1) is 0 Å². The largest absolute Gasteiger partial charge is 0.276 e. The molecular weight excluding hydrogens is 208 g/mol. The number of benzene rings is 1. The van der Waals surface area contributed by atoms with Gasteiger partial charge >= 0.3 is 0 Å². The molecular formula is C13H13ClO. The fourth-order valence-corrected chi connectivity index (χ4v) is 1.36. The van der Waals surface area contributed by atoms with Gasteiger partial charge in [0, 0.05) is 6.08 Å². The van der Waals surface area contributed by atoms with Gasteiger partial charge in [-0.25, -0.2) is 0 Å². The van der Waals surface area contributed by atoms with E-state index in [2.05, 4.69) is 0 Å². The van der Waals surface area contributed by atoms with E-state index in [0.717, 1.165) is 16.7 Å². The van der Waals surface area contributed by atoms with Crippen LogP contribution in [0, 0.1) is 0 Å². The Morgan fingerprint density at radius 3 is 2.27 bits per heavy atom. The number of carbonyl (C=O) groups is 1. The zero-order valence-electron chi connectivity index (χ0n) is 8.83. The minimum absolute atomic E-state index is 0.437. The fourth-order valence-electron chi connectivity index (χ4n) is 1.20. The molecule has 1 rings (SSSR count). The first kappa shape index (κ1) is 11.7. The normalized spacial score (nSPS) is 12.7. The molecule has 1 aromatic rings. The van der Waals surface area contributed by atoms with E-state index in [1.54, 1.807) is 0 Å². The van der Waals surface area contributed by atoms with Crippen molar-refractivity contribution in [1.82, 2.24) is 0 Å². The number of rotatable bonds is 3. The highest BCUT2D eigenvalue weighted by Gasteiger charge is 1.96. The van der Waals surface area contributed by atoms with Crippen LogP contribution in [0.5, 0.6) is 0 Å². The Morgan fingerprint density at radius 2 is 1.73 bits per heavy atom. The summed E-state index contributed by atoms with van der Waals surface area (Å²) in [6, 6.07) is 9.95. The molecule has 0 aliphatic heterocycles. The second-order valence-corrected chi connectivity index (χ2v) is 3.74. The molecule has 0 aliphatic carbocycles. The maximum absolute atomic E-state index is 10.7. The standard InChI is InChI=1S/C13H13ClO/c1-10(11(2)9-13(14)15)8-12-6-4-3-5-7-12/h3-9H,1-2H3. The maximum atomic E-state index is 10.7. The van der Waals surface area contributed by atoms with Crippen molar-refractivity contribution in [3.05, 3.63) is 53.1 Å². The average Bonchev–Trinajstić information content (AvgIpc) is 2.18. The molecule has 0 amide bonds. The van der Waals surface area contributed by atoms with Crippen LogP contribution in [0.1, 0.15) is 19.4 Å². The second kappa shape index (κ2) is 5.52. The van der Waals surface area contributed by atoms with E-state index in [9.17, 15) is 4.79 Å². The summed E-state index contributed by atoms with van der Waals surface area (Å²) in [4.78, 5) is 10.7. The van der Waals surface area contributed by atoms with Gasteiger partial charge < -0.3 is 0 Å².